The van der Waals surface area contributed by atoms with Gasteiger partial charge in [-0.3, -0.25) is 0 Å². The summed E-state index contributed by atoms with van der Waals surface area (Å²) in [6.07, 6.45) is 0. The van der Waals surface area contributed by atoms with Gasteiger partial charge in [0.2, 0.25) is 11.9 Å². The quantitative estimate of drug-likeness (QED) is 0.707. The van der Waals surface area contributed by atoms with Crippen LogP contribution < -0.4 is 9.80 Å². The van der Waals surface area contributed by atoms with E-state index in [0.29, 0.717) is 44.1 Å². The van der Waals surface area contributed by atoms with Crippen LogP contribution in [0.5, 0.6) is 0 Å². The van der Waals surface area contributed by atoms with Crippen LogP contribution in [0, 0.1) is 0 Å². The van der Waals surface area contributed by atoms with Crippen LogP contribution in [-0.2, 0) is 9.47 Å². The van der Waals surface area contributed by atoms with E-state index in [0.717, 1.165) is 36.5 Å². The number of morpholine rings is 2. The molecule has 4 rings (SSSR count). The fourth-order valence-electron chi connectivity index (χ4n) is 2.81. The second-order valence-electron chi connectivity index (χ2n) is 5.80. The molecule has 8 nitrogen and oxygen atoms in total. The third-order valence-electron chi connectivity index (χ3n) is 4.14. The lowest BCUT2D eigenvalue weighted by atomic mass is 10.3. The molecule has 0 aromatic carbocycles. The summed E-state index contributed by atoms with van der Waals surface area (Å²) in [4.78, 5) is 22.8. The van der Waals surface area contributed by atoms with Crippen molar-refractivity contribution in [2.45, 2.75) is 0 Å². The van der Waals surface area contributed by atoms with E-state index in [1.807, 2.05) is 18.2 Å². The molecule has 0 aliphatic carbocycles. The van der Waals surface area contributed by atoms with Gasteiger partial charge in [-0.15, -0.1) is 0 Å². The molecule has 2 aliphatic heterocycles. The molecule has 2 aliphatic rings. The van der Waals surface area contributed by atoms with Crippen LogP contribution in [0.2, 0.25) is 0 Å². The SMILES string of the molecule is Brc1cccc(-c2nc(N3CCOCC3)nc(N3CCOCC3)n2)n1. The minimum Gasteiger partial charge on any atom is -0.378 e. The van der Waals surface area contributed by atoms with Crippen LogP contribution in [0.3, 0.4) is 0 Å². The molecule has 25 heavy (non-hydrogen) atoms. The molecule has 0 spiro atoms. The first-order valence-corrected chi connectivity index (χ1v) is 9.13. The van der Waals surface area contributed by atoms with Crippen molar-refractivity contribution >= 4 is 27.8 Å². The van der Waals surface area contributed by atoms with Gasteiger partial charge >= 0.3 is 0 Å². The zero-order chi connectivity index (χ0) is 17.1. The van der Waals surface area contributed by atoms with Crippen molar-refractivity contribution in [2.24, 2.45) is 0 Å². The standard InChI is InChI=1S/C16H19BrN6O2/c17-13-3-1-2-12(18-13)14-19-15(22-4-8-24-9-5-22)21-16(20-14)23-6-10-25-11-7-23/h1-3H,4-11H2. The van der Waals surface area contributed by atoms with Crippen molar-refractivity contribution in [3.63, 3.8) is 0 Å². The summed E-state index contributed by atoms with van der Waals surface area (Å²) in [6, 6.07) is 5.72. The van der Waals surface area contributed by atoms with Crippen molar-refractivity contribution in [1.29, 1.82) is 0 Å². The average Bonchev–Trinajstić information content (AvgIpc) is 2.69. The Morgan fingerprint density at radius 3 is 1.84 bits per heavy atom. The van der Waals surface area contributed by atoms with Gasteiger partial charge in [-0.25, -0.2) is 4.98 Å². The largest absolute Gasteiger partial charge is 0.378 e. The Morgan fingerprint density at radius 2 is 1.32 bits per heavy atom. The topological polar surface area (TPSA) is 76.5 Å². The number of nitrogens with zero attached hydrogens (tertiary/aromatic N) is 6. The molecule has 2 saturated heterocycles. The maximum absolute atomic E-state index is 5.44. The monoisotopic (exact) mass is 406 g/mol. The molecule has 0 radical (unpaired) electrons. The van der Waals surface area contributed by atoms with E-state index >= 15 is 0 Å². The fourth-order valence-corrected chi connectivity index (χ4v) is 3.15. The van der Waals surface area contributed by atoms with Gasteiger partial charge in [-0.1, -0.05) is 6.07 Å². The van der Waals surface area contributed by atoms with Crippen LogP contribution in [0.25, 0.3) is 11.5 Å². The molecule has 0 N–H and O–H groups in total. The van der Waals surface area contributed by atoms with Gasteiger partial charge in [0.1, 0.15) is 10.3 Å². The molecule has 9 heteroatoms. The summed E-state index contributed by atoms with van der Waals surface area (Å²) in [5.41, 5.74) is 0.723. The summed E-state index contributed by atoms with van der Waals surface area (Å²) in [5.74, 6) is 1.94. The first-order chi connectivity index (χ1) is 12.3. The highest BCUT2D eigenvalue weighted by molar-refractivity contribution is 9.10. The van der Waals surface area contributed by atoms with E-state index in [1.165, 1.54) is 0 Å². The highest BCUT2D eigenvalue weighted by atomic mass is 79.9. The Hall–Kier alpha value is -1.84. The molecule has 0 atom stereocenters. The van der Waals surface area contributed by atoms with Crippen molar-refractivity contribution in [3.8, 4) is 11.5 Å². The van der Waals surface area contributed by atoms with E-state index in [1.54, 1.807) is 0 Å². The number of rotatable bonds is 3. The first-order valence-electron chi connectivity index (χ1n) is 8.34. The highest BCUT2D eigenvalue weighted by Crippen LogP contribution is 2.22. The minimum atomic E-state index is 0.583. The van der Waals surface area contributed by atoms with Crippen molar-refractivity contribution < 1.29 is 9.47 Å². The molecule has 0 bridgehead atoms. The van der Waals surface area contributed by atoms with Gasteiger partial charge in [-0.05, 0) is 28.1 Å². The lowest BCUT2D eigenvalue weighted by Gasteiger charge is -2.30. The zero-order valence-corrected chi connectivity index (χ0v) is 15.4. The smallest absolute Gasteiger partial charge is 0.230 e. The molecule has 0 amide bonds. The number of hydrogen-bond acceptors (Lipinski definition) is 8. The van der Waals surface area contributed by atoms with Crippen LogP contribution in [0.1, 0.15) is 0 Å². The predicted octanol–water partition coefficient (Wildman–Crippen LogP) is 1.37. The molecule has 2 aromatic heterocycles. The number of hydrogen-bond donors (Lipinski definition) is 0. The number of anilines is 2. The van der Waals surface area contributed by atoms with E-state index in [4.69, 9.17) is 14.5 Å². The molecule has 0 unspecified atom stereocenters. The van der Waals surface area contributed by atoms with Gasteiger partial charge in [0.05, 0.1) is 26.4 Å². The Balaban J connectivity index is 1.73. The molecule has 4 heterocycles. The maximum atomic E-state index is 5.44. The Bertz CT molecular complexity index is 698. The number of aromatic nitrogens is 4. The molecule has 2 aromatic rings. The molecule has 2 fully saturated rings. The molecule has 0 saturated carbocycles. The van der Waals surface area contributed by atoms with Crippen molar-refractivity contribution in [1.82, 2.24) is 19.9 Å². The molecule has 132 valence electrons. The summed E-state index contributed by atoms with van der Waals surface area (Å²) < 4.78 is 11.6. The maximum Gasteiger partial charge on any atom is 0.230 e. The van der Waals surface area contributed by atoms with E-state index in [2.05, 4.69) is 40.7 Å². The zero-order valence-electron chi connectivity index (χ0n) is 13.8. The van der Waals surface area contributed by atoms with E-state index in [-0.39, 0.29) is 0 Å². The van der Waals surface area contributed by atoms with Crippen LogP contribution >= 0.6 is 15.9 Å². The van der Waals surface area contributed by atoms with Gasteiger partial charge in [0.15, 0.2) is 5.82 Å². The first kappa shape index (κ1) is 16.6. The molecular formula is C16H19BrN6O2. The molecular weight excluding hydrogens is 388 g/mol. The minimum absolute atomic E-state index is 0.583. The van der Waals surface area contributed by atoms with E-state index in [9.17, 15) is 0 Å². The van der Waals surface area contributed by atoms with Crippen molar-refractivity contribution in [3.05, 3.63) is 22.8 Å². The lowest BCUT2D eigenvalue weighted by Crippen LogP contribution is -2.40. The Labute approximate surface area is 154 Å². The second kappa shape index (κ2) is 7.59. The van der Waals surface area contributed by atoms with E-state index < -0.39 is 0 Å². The number of ether oxygens (including phenoxy) is 2. The fraction of sp³-hybridized carbons (Fsp3) is 0.500. The lowest BCUT2D eigenvalue weighted by molar-refractivity contribution is 0.121. The third kappa shape index (κ3) is 3.88. The summed E-state index contributed by atoms with van der Waals surface area (Å²) in [6.45, 7) is 5.84. The van der Waals surface area contributed by atoms with Gasteiger partial charge in [0.25, 0.3) is 0 Å². The Morgan fingerprint density at radius 1 is 0.760 bits per heavy atom. The van der Waals surface area contributed by atoms with Crippen LogP contribution in [0.4, 0.5) is 11.9 Å². The Kier molecular flexibility index (Phi) is 5.04. The number of halogens is 1. The highest BCUT2D eigenvalue weighted by Gasteiger charge is 2.21. The van der Waals surface area contributed by atoms with Gasteiger partial charge in [-0.2, -0.15) is 15.0 Å². The predicted molar refractivity (Wildman–Crippen MR) is 96.8 cm³/mol. The second-order valence-corrected chi connectivity index (χ2v) is 6.62. The summed E-state index contributed by atoms with van der Waals surface area (Å²) in [5, 5.41) is 0. The van der Waals surface area contributed by atoms with Gasteiger partial charge in [0, 0.05) is 26.2 Å². The number of pyridine rings is 1. The third-order valence-corrected chi connectivity index (χ3v) is 4.59. The summed E-state index contributed by atoms with van der Waals surface area (Å²) in [7, 11) is 0. The van der Waals surface area contributed by atoms with Gasteiger partial charge < -0.3 is 19.3 Å². The van der Waals surface area contributed by atoms with Crippen LogP contribution in [-0.4, -0.2) is 72.5 Å². The normalized spacial score (nSPS) is 18.4. The average molecular weight is 407 g/mol. The van der Waals surface area contributed by atoms with Crippen LogP contribution in [0.15, 0.2) is 22.8 Å². The van der Waals surface area contributed by atoms with Crippen molar-refractivity contribution in [2.75, 3.05) is 62.4 Å². The summed E-state index contributed by atoms with van der Waals surface area (Å²) >= 11 is 3.41.